The maximum absolute atomic E-state index is 12.2. The van der Waals surface area contributed by atoms with Crippen LogP contribution in [0.3, 0.4) is 0 Å². The summed E-state index contributed by atoms with van der Waals surface area (Å²) in [6.45, 7) is 1.91. The molecule has 0 unspecified atom stereocenters. The first kappa shape index (κ1) is 14.8. The van der Waals surface area contributed by atoms with Crippen LogP contribution in [-0.4, -0.2) is 17.9 Å². The SMILES string of the molecule is Cc1cccc(C(=O)N[C@@H](Cc2ccccc2)C(N)=O)c1. The van der Waals surface area contributed by atoms with Gasteiger partial charge in [-0.25, -0.2) is 0 Å². The second-order valence-corrected chi connectivity index (χ2v) is 4.99. The molecule has 4 heteroatoms. The lowest BCUT2D eigenvalue weighted by molar-refractivity contribution is -0.119. The molecule has 0 aromatic heterocycles. The molecule has 2 amide bonds. The molecular formula is C17H18N2O2. The summed E-state index contributed by atoms with van der Waals surface area (Å²) in [6, 6.07) is 15.9. The Morgan fingerprint density at radius 1 is 1.10 bits per heavy atom. The van der Waals surface area contributed by atoms with Crippen molar-refractivity contribution >= 4 is 11.8 Å². The van der Waals surface area contributed by atoms with Gasteiger partial charge in [-0.05, 0) is 24.6 Å². The van der Waals surface area contributed by atoms with E-state index in [9.17, 15) is 9.59 Å². The molecule has 2 aromatic rings. The van der Waals surface area contributed by atoms with E-state index in [0.717, 1.165) is 11.1 Å². The molecule has 4 nitrogen and oxygen atoms in total. The van der Waals surface area contributed by atoms with E-state index >= 15 is 0 Å². The number of aryl methyl sites for hydroxylation is 1. The van der Waals surface area contributed by atoms with Crippen LogP contribution < -0.4 is 11.1 Å². The van der Waals surface area contributed by atoms with E-state index in [4.69, 9.17) is 5.73 Å². The monoisotopic (exact) mass is 282 g/mol. The van der Waals surface area contributed by atoms with Crippen molar-refractivity contribution in [1.29, 1.82) is 0 Å². The van der Waals surface area contributed by atoms with Gasteiger partial charge in [-0.3, -0.25) is 9.59 Å². The smallest absolute Gasteiger partial charge is 0.251 e. The number of hydrogen-bond acceptors (Lipinski definition) is 2. The molecule has 0 spiro atoms. The lowest BCUT2D eigenvalue weighted by Gasteiger charge is -2.15. The predicted molar refractivity (Wildman–Crippen MR) is 81.8 cm³/mol. The molecular weight excluding hydrogens is 264 g/mol. The van der Waals surface area contributed by atoms with Crippen LogP contribution in [0, 0.1) is 6.92 Å². The normalized spacial score (nSPS) is 11.7. The number of benzene rings is 2. The second-order valence-electron chi connectivity index (χ2n) is 4.99. The fourth-order valence-electron chi connectivity index (χ4n) is 2.10. The third-order valence-corrected chi connectivity index (χ3v) is 3.21. The zero-order valence-electron chi connectivity index (χ0n) is 11.9. The lowest BCUT2D eigenvalue weighted by Crippen LogP contribution is -2.45. The van der Waals surface area contributed by atoms with Crippen LogP contribution in [0.1, 0.15) is 21.5 Å². The Labute approximate surface area is 124 Å². The van der Waals surface area contributed by atoms with E-state index in [1.165, 1.54) is 0 Å². The van der Waals surface area contributed by atoms with Gasteiger partial charge in [0.25, 0.3) is 5.91 Å². The molecule has 0 bridgehead atoms. The average molecular weight is 282 g/mol. The Kier molecular flexibility index (Phi) is 4.72. The summed E-state index contributed by atoms with van der Waals surface area (Å²) in [7, 11) is 0. The van der Waals surface area contributed by atoms with Crippen LogP contribution in [0.2, 0.25) is 0 Å². The summed E-state index contributed by atoms with van der Waals surface area (Å²) in [5, 5.41) is 2.69. The maximum atomic E-state index is 12.2. The summed E-state index contributed by atoms with van der Waals surface area (Å²) >= 11 is 0. The number of rotatable bonds is 5. The minimum absolute atomic E-state index is 0.293. The van der Waals surface area contributed by atoms with Gasteiger partial charge in [-0.15, -0.1) is 0 Å². The molecule has 0 aliphatic heterocycles. The van der Waals surface area contributed by atoms with Gasteiger partial charge >= 0.3 is 0 Å². The summed E-state index contributed by atoms with van der Waals surface area (Å²) in [5.41, 5.74) is 7.85. The van der Waals surface area contributed by atoms with Gasteiger partial charge in [0.05, 0.1) is 0 Å². The highest BCUT2D eigenvalue weighted by Crippen LogP contribution is 2.07. The number of carbonyl (C=O) groups excluding carboxylic acids is 2. The Bertz CT molecular complexity index is 638. The van der Waals surface area contributed by atoms with Gasteiger partial charge in [-0.1, -0.05) is 48.0 Å². The van der Waals surface area contributed by atoms with Gasteiger partial charge in [0.1, 0.15) is 6.04 Å². The van der Waals surface area contributed by atoms with Crippen molar-refractivity contribution in [2.45, 2.75) is 19.4 Å². The number of primary amides is 1. The number of nitrogens with one attached hydrogen (secondary N) is 1. The largest absolute Gasteiger partial charge is 0.368 e. The molecule has 0 aliphatic rings. The van der Waals surface area contributed by atoms with Gasteiger partial charge in [0.15, 0.2) is 0 Å². The molecule has 0 heterocycles. The van der Waals surface area contributed by atoms with E-state index in [2.05, 4.69) is 5.32 Å². The third kappa shape index (κ3) is 4.18. The van der Waals surface area contributed by atoms with E-state index in [-0.39, 0.29) is 5.91 Å². The molecule has 2 rings (SSSR count). The third-order valence-electron chi connectivity index (χ3n) is 3.21. The van der Waals surface area contributed by atoms with Gasteiger partial charge in [0.2, 0.25) is 5.91 Å². The maximum Gasteiger partial charge on any atom is 0.251 e. The fraction of sp³-hybridized carbons (Fsp3) is 0.176. The Morgan fingerprint density at radius 3 is 2.43 bits per heavy atom. The minimum atomic E-state index is -0.722. The average Bonchev–Trinajstić information content (AvgIpc) is 2.47. The zero-order chi connectivity index (χ0) is 15.2. The van der Waals surface area contributed by atoms with Crippen molar-refractivity contribution in [3.63, 3.8) is 0 Å². The van der Waals surface area contributed by atoms with Crippen molar-refractivity contribution in [2.24, 2.45) is 5.73 Å². The Hall–Kier alpha value is -2.62. The number of amides is 2. The van der Waals surface area contributed by atoms with Crippen molar-refractivity contribution in [1.82, 2.24) is 5.32 Å². The van der Waals surface area contributed by atoms with Crippen LogP contribution in [0.5, 0.6) is 0 Å². The van der Waals surface area contributed by atoms with E-state index in [1.54, 1.807) is 18.2 Å². The van der Waals surface area contributed by atoms with Crippen LogP contribution in [0.25, 0.3) is 0 Å². The molecule has 2 aromatic carbocycles. The molecule has 0 saturated carbocycles. The first-order valence-electron chi connectivity index (χ1n) is 6.77. The van der Waals surface area contributed by atoms with Crippen LogP contribution in [0.4, 0.5) is 0 Å². The minimum Gasteiger partial charge on any atom is -0.368 e. The molecule has 0 saturated heterocycles. The van der Waals surface area contributed by atoms with Crippen LogP contribution in [-0.2, 0) is 11.2 Å². The molecule has 0 aliphatic carbocycles. The quantitative estimate of drug-likeness (QED) is 0.878. The second kappa shape index (κ2) is 6.70. The molecule has 3 N–H and O–H groups in total. The van der Waals surface area contributed by atoms with Crippen molar-refractivity contribution < 1.29 is 9.59 Å². The predicted octanol–water partition coefficient (Wildman–Crippen LogP) is 1.82. The Morgan fingerprint density at radius 2 is 1.81 bits per heavy atom. The molecule has 0 fully saturated rings. The van der Waals surface area contributed by atoms with Crippen LogP contribution >= 0.6 is 0 Å². The Balaban J connectivity index is 2.10. The van der Waals surface area contributed by atoms with E-state index in [0.29, 0.717) is 12.0 Å². The summed E-state index contributed by atoms with van der Waals surface area (Å²) in [6.07, 6.45) is 0.383. The highest BCUT2D eigenvalue weighted by Gasteiger charge is 2.19. The lowest BCUT2D eigenvalue weighted by atomic mass is 10.0. The highest BCUT2D eigenvalue weighted by molar-refractivity contribution is 5.97. The molecule has 1 atom stereocenters. The fourth-order valence-corrected chi connectivity index (χ4v) is 2.10. The van der Waals surface area contributed by atoms with Gasteiger partial charge in [-0.2, -0.15) is 0 Å². The van der Waals surface area contributed by atoms with Gasteiger partial charge in [0, 0.05) is 12.0 Å². The number of carbonyl (C=O) groups is 2. The topological polar surface area (TPSA) is 72.2 Å². The van der Waals surface area contributed by atoms with E-state index < -0.39 is 11.9 Å². The molecule has 108 valence electrons. The van der Waals surface area contributed by atoms with Crippen LogP contribution in [0.15, 0.2) is 54.6 Å². The first-order valence-corrected chi connectivity index (χ1v) is 6.77. The molecule has 21 heavy (non-hydrogen) atoms. The summed E-state index contributed by atoms with van der Waals surface area (Å²) < 4.78 is 0. The number of hydrogen-bond donors (Lipinski definition) is 2. The van der Waals surface area contributed by atoms with Crippen molar-refractivity contribution in [3.8, 4) is 0 Å². The summed E-state index contributed by atoms with van der Waals surface area (Å²) in [5.74, 6) is -0.835. The summed E-state index contributed by atoms with van der Waals surface area (Å²) in [4.78, 5) is 23.7. The van der Waals surface area contributed by atoms with Crippen molar-refractivity contribution in [3.05, 3.63) is 71.3 Å². The number of nitrogens with two attached hydrogens (primary N) is 1. The van der Waals surface area contributed by atoms with Gasteiger partial charge < -0.3 is 11.1 Å². The van der Waals surface area contributed by atoms with Crippen molar-refractivity contribution in [2.75, 3.05) is 0 Å². The first-order chi connectivity index (χ1) is 10.1. The van der Waals surface area contributed by atoms with E-state index in [1.807, 2.05) is 43.3 Å². The molecule has 0 radical (unpaired) electrons. The standard InChI is InChI=1S/C17H18N2O2/c1-12-6-5-9-14(10-12)17(21)19-15(16(18)20)11-13-7-3-2-4-8-13/h2-10,15H,11H2,1H3,(H2,18,20)(H,19,21)/t15-/m0/s1. The highest BCUT2D eigenvalue weighted by atomic mass is 16.2. The zero-order valence-corrected chi connectivity index (χ0v) is 11.9.